The number of hydrogen-bond acceptors (Lipinski definition) is 3. The van der Waals surface area contributed by atoms with Crippen LogP contribution in [-0.4, -0.2) is 36.2 Å². The van der Waals surface area contributed by atoms with Crippen LogP contribution in [0.15, 0.2) is 22.7 Å². The average Bonchev–Trinajstić information content (AvgIpc) is 2.45. The number of piperidine rings is 1. The molecule has 1 saturated heterocycles. The van der Waals surface area contributed by atoms with Gasteiger partial charge in [-0.25, -0.2) is 4.79 Å². The number of hydrogen-bond donors (Lipinski definition) is 1. The van der Waals surface area contributed by atoms with E-state index in [4.69, 9.17) is 4.74 Å². The van der Waals surface area contributed by atoms with E-state index >= 15 is 0 Å². The van der Waals surface area contributed by atoms with Crippen molar-refractivity contribution in [3.8, 4) is 0 Å². The molecule has 1 aromatic carbocycles. The van der Waals surface area contributed by atoms with Gasteiger partial charge < -0.3 is 15.0 Å². The number of amides is 1. The van der Waals surface area contributed by atoms with Crippen molar-refractivity contribution in [1.82, 2.24) is 4.90 Å². The third-order valence-electron chi connectivity index (χ3n) is 3.88. The number of nitrogens with zero attached hydrogens (tertiary/aromatic N) is 1. The molecule has 1 aliphatic rings. The van der Waals surface area contributed by atoms with E-state index in [1.54, 1.807) is 0 Å². The average molecular weight is 383 g/mol. The van der Waals surface area contributed by atoms with Crippen LogP contribution in [0.2, 0.25) is 0 Å². The van der Waals surface area contributed by atoms with Crippen LogP contribution in [0.25, 0.3) is 0 Å². The van der Waals surface area contributed by atoms with Gasteiger partial charge in [0.05, 0.1) is 0 Å². The van der Waals surface area contributed by atoms with E-state index in [0.29, 0.717) is 5.92 Å². The molecule has 0 radical (unpaired) electrons. The lowest BCUT2D eigenvalue weighted by Crippen LogP contribution is -2.44. The summed E-state index contributed by atoms with van der Waals surface area (Å²) in [5.41, 5.74) is 1.90. The van der Waals surface area contributed by atoms with E-state index in [0.717, 1.165) is 42.6 Å². The van der Waals surface area contributed by atoms with Crippen molar-refractivity contribution in [3.63, 3.8) is 0 Å². The third kappa shape index (κ3) is 5.72. The SMILES string of the molecule is Cc1ccc(NCC2CCCN(C(=O)OC(C)(C)C)C2)c(Br)c1. The Kier molecular flexibility index (Phi) is 5.95. The predicted octanol–water partition coefficient (Wildman–Crippen LogP) is 4.82. The van der Waals surface area contributed by atoms with Crippen LogP contribution in [-0.2, 0) is 4.74 Å². The molecule has 2 rings (SSSR count). The molecule has 5 heteroatoms. The Bertz CT molecular complexity index is 554. The monoisotopic (exact) mass is 382 g/mol. The van der Waals surface area contributed by atoms with Crippen molar-refractivity contribution >= 4 is 27.7 Å². The van der Waals surface area contributed by atoms with Crippen molar-refractivity contribution in [3.05, 3.63) is 28.2 Å². The fraction of sp³-hybridized carbons (Fsp3) is 0.611. The summed E-state index contributed by atoms with van der Waals surface area (Å²) in [4.78, 5) is 14.0. The van der Waals surface area contributed by atoms with Gasteiger partial charge in [0.15, 0.2) is 0 Å². The lowest BCUT2D eigenvalue weighted by atomic mass is 9.98. The van der Waals surface area contributed by atoms with Crippen LogP contribution in [0.1, 0.15) is 39.2 Å². The smallest absolute Gasteiger partial charge is 0.410 e. The molecule has 4 nitrogen and oxygen atoms in total. The van der Waals surface area contributed by atoms with Crippen molar-refractivity contribution in [2.45, 2.75) is 46.1 Å². The van der Waals surface area contributed by atoms with Gasteiger partial charge in [0.25, 0.3) is 0 Å². The summed E-state index contributed by atoms with van der Waals surface area (Å²) >= 11 is 3.59. The molecule has 23 heavy (non-hydrogen) atoms. The summed E-state index contributed by atoms with van der Waals surface area (Å²) in [6, 6.07) is 6.30. The number of likely N-dealkylation sites (tertiary alicyclic amines) is 1. The Morgan fingerprint density at radius 3 is 2.83 bits per heavy atom. The van der Waals surface area contributed by atoms with E-state index in [-0.39, 0.29) is 6.09 Å². The molecule has 0 spiro atoms. The second kappa shape index (κ2) is 7.56. The quantitative estimate of drug-likeness (QED) is 0.814. The Balaban J connectivity index is 1.87. The Morgan fingerprint density at radius 2 is 2.17 bits per heavy atom. The van der Waals surface area contributed by atoms with Gasteiger partial charge in [-0.3, -0.25) is 0 Å². The van der Waals surface area contributed by atoms with E-state index in [1.807, 2.05) is 25.7 Å². The van der Waals surface area contributed by atoms with Gasteiger partial charge in [-0.1, -0.05) is 6.07 Å². The maximum Gasteiger partial charge on any atom is 0.410 e. The molecular formula is C18H27BrN2O2. The maximum atomic E-state index is 12.2. The zero-order valence-corrected chi connectivity index (χ0v) is 16.1. The first-order valence-corrected chi connectivity index (χ1v) is 9.02. The number of rotatable bonds is 3. The van der Waals surface area contributed by atoms with Crippen LogP contribution in [0.3, 0.4) is 0 Å². The predicted molar refractivity (Wildman–Crippen MR) is 97.9 cm³/mol. The van der Waals surface area contributed by atoms with E-state index in [2.05, 4.69) is 46.4 Å². The minimum Gasteiger partial charge on any atom is -0.444 e. The van der Waals surface area contributed by atoms with Crippen molar-refractivity contribution in [2.75, 3.05) is 25.0 Å². The number of halogens is 1. The largest absolute Gasteiger partial charge is 0.444 e. The molecule has 1 aliphatic heterocycles. The molecule has 1 fully saturated rings. The number of carbonyl (C=O) groups is 1. The molecule has 0 aliphatic carbocycles. The first-order chi connectivity index (χ1) is 10.7. The molecule has 1 N–H and O–H groups in total. The molecule has 0 saturated carbocycles. The van der Waals surface area contributed by atoms with Crippen molar-refractivity contribution < 1.29 is 9.53 Å². The van der Waals surface area contributed by atoms with E-state index < -0.39 is 5.60 Å². The number of ether oxygens (including phenoxy) is 1. The summed E-state index contributed by atoms with van der Waals surface area (Å²) in [6.07, 6.45) is 1.97. The lowest BCUT2D eigenvalue weighted by molar-refractivity contribution is 0.0172. The summed E-state index contributed by atoms with van der Waals surface area (Å²) in [6.45, 7) is 10.2. The Hall–Kier alpha value is -1.23. The van der Waals surface area contributed by atoms with E-state index in [1.165, 1.54) is 5.56 Å². The van der Waals surface area contributed by atoms with Gasteiger partial charge in [-0.05, 0) is 80.1 Å². The van der Waals surface area contributed by atoms with Gasteiger partial charge in [0.1, 0.15) is 5.60 Å². The van der Waals surface area contributed by atoms with Crippen LogP contribution >= 0.6 is 15.9 Å². The van der Waals surface area contributed by atoms with Gasteiger partial charge in [0, 0.05) is 29.8 Å². The summed E-state index contributed by atoms with van der Waals surface area (Å²) < 4.78 is 6.56. The molecule has 0 bridgehead atoms. The number of aryl methyl sites for hydroxylation is 1. The van der Waals surface area contributed by atoms with Gasteiger partial charge in [0.2, 0.25) is 0 Å². The highest BCUT2D eigenvalue weighted by Crippen LogP contribution is 2.25. The second-order valence-electron chi connectivity index (χ2n) is 7.30. The van der Waals surface area contributed by atoms with Crippen LogP contribution in [0.4, 0.5) is 10.5 Å². The topological polar surface area (TPSA) is 41.6 Å². The van der Waals surface area contributed by atoms with E-state index in [9.17, 15) is 4.79 Å². The van der Waals surface area contributed by atoms with Gasteiger partial charge in [-0.2, -0.15) is 0 Å². The molecule has 1 aromatic rings. The minimum atomic E-state index is -0.435. The third-order valence-corrected chi connectivity index (χ3v) is 4.53. The summed E-state index contributed by atoms with van der Waals surface area (Å²) in [5, 5.41) is 3.49. The van der Waals surface area contributed by atoms with Crippen LogP contribution in [0.5, 0.6) is 0 Å². The molecule has 1 unspecified atom stereocenters. The standard InChI is InChI=1S/C18H27BrN2O2/c1-13-7-8-16(15(19)10-13)20-11-14-6-5-9-21(12-14)17(22)23-18(2,3)4/h7-8,10,14,20H,5-6,9,11-12H2,1-4H3. The first-order valence-electron chi connectivity index (χ1n) is 8.22. The number of benzene rings is 1. The highest BCUT2D eigenvalue weighted by Gasteiger charge is 2.27. The Morgan fingerprint density at radius 1 is 1.43 bits per heavy atom. The minimum absolute atomic E-state index is 0.196. The number of nitrogens with one attached hydrogen (secondary N) is 1. The number of carbonyl (C=O) groups excluding carboxylic acids is 1. The molecule has 1 atom stereocenters. The van der Waals surface area contributed by atoms with Crippen LogP contribution < -0.4 is 5.32 Å². The second-order valence-corrected chi connectivity index (χ2v) is 8.15. The fourth-order valence-corrected chi connectivity index (χ4v) is 3.38. The first kappa shape index (κ1) is 18.1. The van der Waals surface area contributed by atoms with Crippen molar-refractivity contribution in [1.29, 1.82) is 0 Å². The molecule has 1 amide bonds. The van der Waals surface area contributed by atoms with Crippen LogP contribution in [0, 0.1) is 12.8 Å². The lowest BCUT2D eigenvalue weighted by Gasteiger charge is -2.34. The molecule has 128 valence electrons. The fourth-order valence-electron chi connectivity index (χ4n) is 2.74. The number of anilines is 1. The van der Waals surface area contributed by atoms with Gasteiger partial charge in [-0.15, -0.1) is 0 Å². The van der Waals surface area contributed by atoms with Crippen molar-refractivity contribution in [2.24, 2.45) is 5.92 Å². The molecular weight excluding hydrogens is 356 g/mol. The Labute approximate surface area is 147 Å². The summed E-state index contributed by atoms with van der Waals surface area (Å²) in [7, 11) is 0. The highest BCUT2D eigenvalue weighted by atomic mass is 79.9. The molecule has 0 aromatic heterocycles. The zero-order valence-electron chi connectivity index (χ0n) is 14.5. The molecule has 1 heterocycles. The normalized spacial score (nSPS) is 18.7. The highest BCUT2D eigenvalue weighted by molar-refractivity contribution is 9.10. The van der Waals surface area contributed by atoms with Gasteiger partial charge >= 0.3 is 6.09 Å². The zero-order chi connectivity index (χ0) is 17.0. The maximum absolute atomic E-state index is 12.2. The summed E-state index contributed by atoms with van der Waals surface area (Å²) in [5.74, 6) is 0.449.